The highest BCUT2D eigenvalue weighted by Gasteiger charge is 1.90. The van der Waals surface area contributed by atoms with Gasteiger partial charge in [0.25, 0.3) is 0 Å². The average Bonchev–Trinajstić information content (AvgIpc) is 2.48. The minimum absolute atomic E-state index is 0.147. The zero-order valence-electron chi connectivity index (χ0n) is 12.2. The number of aliphatic hydroxyl groups is 1. The molecule has 0 spiro atoms. The highest BCUT2D eigenvalue weighted by atomic mass is 16.3. The molecule has 1 nitrogen and oxygen atoms in total. The first-order valence-electron chi connectivity index (χ1n) is 6.93. The maximum absolute atomic E-state index is 8.76. The van der Waals surface area contributed by atoms with Crippen molar-refractivity contribution in [1.82, 2.24) is 0 Å². The lowest BCUT2D eigenvalue weighted by Crippen LogP contribution is -1.85. The molecule has 0 heterocycles. The lowest BCUT2D eigenvalue weighted by molar-refractivity contribution is 0.281. The Kier molecular flexibility index (Phi) is 6.91. The summed E-state index contributed by atoms with van der Waals surface area (Å²) in [5.41, 5.74) is 5.04. The smallest absolute Gasteiger partial charge is 0.0681 e. The molecule has 19 heavy (non-hydrogen) atoms. The quantitative estimate of drug-likeness (QED) is 0.868. The summed E-state index contributed by atoms with van der Waals surface area (Å²) in [5.74, 6) is 0. The van der Waals surface area contributed by atoms with Gasteiger partial charge in [-0.25, -0.2) is 0 Å². The molecule has 0 unspecified atom stereocenters. The van der Waals surface area contributed by atoms with Crippen LogP contribution >= 0.6 is 0 Å². The third-order valence-corrected chi connectivity index (χ3v) is 3.11. The molecule has 2 rings (SSSR count). The van der Waals surface area contributed by atoms with E-state index in [-0.39, 0.29) is 6.61 Å². The molecule has 102 valence electrons. The molecule has 0 radical (unpaired) electrons. The van der Waals surface area contributed by atoms with Crippen molar-refractivity contribution in [3.05, 3.63) is 70.8 Å². The summed E-state index contributed by atoms with van der Waals surface area (Å²) in [6.07, 6.45) is 2.17. The van der Waals surface area contributed by atoms with Gasteiger partial charge in [0.05, 0.1) is 6.61 Å². The molecule has 0 saturated carbocycles. The Morgan fingerprint density at radius 1 is 0.789 bits per heavy atom. The van der Waals surface area contributed by atoms with Gasteiger partial charge in [-0.15, -0.1) is 0 Å². The minimum Gasteiger partial charge on any atom is -0.392 e. The van der Waals surface area contributed by atoms with Gasteiger partial charge in [0.1, 0.15) is 0 Å². The summed E-state index contributed by atoms with van der Waals surface area (Å²) in [4.78, 5) is 0. The Morgan fingerprint density at radius 3 is 1.89 bits per heavy atom. The van der Waals surface area contributed by atoms with Crippen LogP contribution in [0.2, 0.25) is 0 Å². The van der Waals surface area contributed by atoms with E-state index in [9.17, 15) is 0 Å². The number of benzene rings is 2. The van der Waals surface area contributed by atoms with Crippen LogP contribution in [0.25, 0.3) is 0 Å². The monoisotopic (exact) mass is 256 g/mol. The Morgan fingerprint density at radius 2 is 1.37 bits per heavy atom. The van der Waals surface area contributed by atoms with E-state index in [0.29, 0.717) is 0 Å². The number of aliphatic hydroxyl groups excluding tert-OH is 1. The summed E-state index contributed by atoms with van der Waals surface area (Å²) in [6.45, 7) is 6.54. The third-order valence-electron chi connectivity index (χ3n) is 3.11. The predicted molar refractivity (Wildman–Crippen MR) is 82.3 cm³/mol. The fourth-order valence-corrected chi connectivity index (χ4v) is 1.77. The van der Waals surface area contributed by atoms with Crippen LogP contribution in [0.5, 0.6) is 0 Å². The summed E-state index contributed by atoms with van der Waals surface area (Å²) in [5, 5.41) is 8.76. The summed E-state index contributed by atoms with van der Waals surface area (Å²) in [6, 6.07) is 16.7. The Hall–Kier alpha value is -1.60. The molecule has 0 bridgehead atoms. The summed E-state index contributed by atoms with van der Waals surface area (Å²) in [7, 11) is 0. The number of hydrogen-bond donors (Lipinski definition) is 1. The second-order valence-corrected chi connectivity index (χ2v) is 4.67. The molecule has 0 atom stereocenters. The highest BCUT2D eigenvalue weighted by Crippen LogP contribution is 2.05. The van der Waals surface area contributed by atoms with Crippen LogP contribution in [-0.2, 0) is 19.4 Å². The van der Waals surface area contributed by atoms with Gasteiger partial charge in [-0.3, -0.25) is 0 Å². The third kappa shape index (κ3) is 5.71. The minimum atomic E-state index is 0.147. The molecule has 1 heteroatoms. The molecule has 0 aliphatic rings. The molecule has 1 N–H and O–H groups in total. The molecule has 0 amide bonds. The van der Waals surface area contributed by atoms with E-state index >= 15 is 0 Å². The van der Waals surface area contributed by atoms with Gasteiger partial charge in [-0.05, 0) is 36.5 Å². The van der Waals surface area contributed by atoms with Gasteiger partial charge in [0, 0.05) is 0 Å². The second kappa shape index (κ2) is 8.49. The van der Waals surface area contributed by atoms with Gasteiger partial charge < -0.3 is 5.11 Å². The van der Waals surface area contributed by atoms with Crippen molar-refractivity contribution in [2.75, 3.05) is 0 Å². The van der Waals surface area contributed by atoms with E-state index in [0.717, 1.165) is 18.4 Å². The van der Waals surface area contributed by atoms with Gasteiger partial charge in [0.2, 0.25) is 0 Å². The fraction of sp³-hybridized carbons (Fsp3) is 0.333. The standard InChI is InChI=1S/C9H12O.C9H12/c1-2-8-4-3-5-9(6-8)7-10;1-3-9-6-4-8(2)5-7-9/h3-6,10H,2,7H2,1H3;4-7H,3H2,1-2H3. The first kappa shape index (κ1) is 15.5. The number of rotatable bonds is 3. The lowest BCUT2D eigenvalue weighted by atomic mass is 10.1. The lowest BCUT2D eigenvalue weighted by Gasteiger charge is -1.98. The largest absolute Gasteiger partial charge is 0.392 e. The highest BCUT2D eigenvalue weighted by molar-refractivity contribution is 5.22. The van der Waals surface area contributed by atoms with Crippen LogP contribution in [-0.4, -0.2) is 5.11 Å². The van der Waals surface area contributed by atoms with E-state index in [2.05, 4.69) is 51.1 Å². The zero-order valence-corrected chi connectivity index (χ0v) is 12.2. The predicted octanol–water partition coefficient (Wildman–Crippen LogP) is 4.30. The molecule has 2 aromatic rings. The van der Waals surface area contributed by atoms with Crippen molar-refractivity contribution in [3.8, 4) is 0 Å². The average molecular weight is 256 g/mol. The molecule has 0 saturated heterocycles. The van der Waals surface area contributed by atoms with E-state index in [1.807, 2.05) is 18.2 Å². The fourth-order valence-electron chi connectivity index (χ4n) is 1.77. The van der Waals surface area contributed by atoms with Crippen molar-refractivity contribution in [1.29, 1.82) is 0 Å². The van der Waals surface area contributed by atoms with Crippen LogP contribution in [0.3, 0.4) is 0 Å². The van der Waals surface area contributed by atoms with Gasteiger partial charge in [0.15, 0.2) is 0 Å². The maximum atomic E-state index is 8.76. The zero-order chi connectivity index (χ0) is 14.1. The van der Waals surface area contributed by atoms with E-state index < -0.39 is 0 Å². The Balaban J connectivity index is 0.000000191. The van der Waals surface area contributed by atoms with E-state index in [4.69, 9.17) is 5.11 Å². The van der Waals surface area contributed by atoms with Crippen LogP contribution < -0.4 is 0 Å². The Bertz CT molecular complexity index is 452. The molecule has 2 aromatic carbocycles. The van der Waals surface area contributed by atoms with Crippen molar-refractivity contribution >= 4 is 0 Å². The molecular formula is C18H24O. The van der Waals surface area contributed by atoms with Crippen molar-refractivity contribution in [2.45, 2.75) is 40.2 Å². The number of aryl methyl sites for hydroxylation is 3. The van der Waals surface area contributed by atoms with Crippen molar-refractivity contribution in [3.63, 3.8) is 0 Å². The van der Waals surface area contributed by atoms with Crippen molar-refractivity contribution in [2.24, 2.45) is 0 Å². The molecule has 0 fully saturated rings. The van der Waals surface area contributed by atoms with E-state index in [1.54, 1.807) is 0 Å². The number of hydrogen-bond acceptors (Lipinski definition) is 1. The normalized spacial score (nSPS) is 9.68. The first-order valence-corrected chi connectivity index (χ1v) is 6.93. The van der Waals surface area contributed by atoms with Crippen LogP contribution in [0.15, 0.2) is 48.5 Å². The second-order valence-electron chi connectivity index (χ2n) is 4.67. The summed E-state index contributed by atoms with van der Waals surface area (Å²) < 4.78 is 0. The maximum Gasteiger partial charge on any atom is 0.0681 e. The summed E-state index contributed by atoms with van der Waals surface area (Å²) >= 11 is 0. The molecule has 0 aliphatic carbocycles. The van der Waals surface area contributed by atoms with Crippen LogP contribution in [0, 0.1) is 6.92 Å². The molecule has 0 aromatic heterocycles. The van der Waals surface area contributed by atoms with Crippen LogP contribution in [0.1, 0.15) is 36.1 Å². The Labute approximate surface area is 116 Å². The van der Waals surface area contributed by atoms with E-state index in [1.165, 1.54) is 16.7 Å². The molecule has 0 aliphatic heterocycles. The topological polar surface area (TPSA) is 20.2 Å². The first-order chi connectivity index (χ1) is 9.19. The van der Waals surface area contributed by atoms with Gasteiger partial charge in [-0.1, -0.05) is 67.9 Å². The van der Waals surface area contributed by atoms with Crippen molar-refractivity contribution < 1.29 is 5.11 Å². The van der Waals surface area contributed by atoms with Gasteiger partial charge >= 0.3 is 0 Å². The molecular weight excluding hydrogens is 232 g/mol. The SMILES string of the molecule is CCc1ccc(C)cc1.CCc1cccc(CO)c1. The van der Waals surface area contributed by atoms with Gasteiger partial charge in [-0.2, -0.15) is 0 Å². The van der Waals surface area contributed by atoms with Crippen LogP contribution in [0.4, 0.5) is 0 Å².